The van der Waals surface area contributed by atoms with Crippen LogP contribution in [0.1, 0.15) is 19.6 Å². The van der Waals surface area contributed by atoms with E-state index in [2.05, 4.69) is 5.32 Å². The summed E-state index contributed by atoms with van der Waals surface area (Å²) in [6, 6.07) is 6.42. The lowest BCUT2D eigenvalue weighted by Crippen LogP contribution is -2.38. The highest BCUT2D eigenvalue weighted by Gasteiger charge is 2.15. The van der Waals surface area contributed by atoms with Crippen molar-refractivity contribution in [1.29, 1.82) is 0 Å². The van der Waals surface area contributed by atoms with Gasteiger partial charge in [-0.05, 0) is 19.1 Å². The predicted octanol–water partition coefficient (Wildman–Crippen LogP) is 2.03. The highest BCUT2D eigenvalue weighted by atomic mass is 16.6. The molecule has 1 heterocycles. The number of carboxylic acids is 1. The Labute approximate surface area is 161 Å². The van der Waals surface area contributed by atoms with E-state index in [1.54, 1.807) is 25.1 Å². The average molecular weight is 389 g/mol. The van der Waals surface area contributed by atoms with Crippen molar-refractivity contribution >= 4 is 22.9 Å². The van der Waals surface area contributed by atoms with Crippen molar-refractivity contribution in [2.45, 2.75) is 32.9 Å². The molecule has 0 spiro atoms. The van der Waals surface area contributed by atoms with Crippen LogP contribution in [0.15, 0.2) is 45.6 Å². The molecule has 1 aromatic carbocycles. The van der Waals surface area contributed by atoms with E-state index in [1.807, 2.05) is 13.8 Å². The van der Waals surface area contributed by atoms with Gasteiger partial charge < -0.3 is 24.3 Å². The summed E-state index contributed by atoms with van der Waals surface area (Å²) < 4.78 is 16.5. The minimum absolute atomic E-state index is 0.0356. The van der Waals surface area contributed by atoms with E-state index in [-0.39, 0.29) is 18.1 Å². The number of nitrogens with one attached hydrogen (secondary N) is 1. The fourth-order valence-electron chi connectivity index (χ4n) is 2.38. The van der Waals surface area contributed by atoms with Crippen molar-refractivity contribution in [2.75, 3.05) is 13.2 Å². The molecule has 0 aliphatic heterocycles. The minimum Gasteiger partial charge on any atom is -0.490 e. The van der Waals surface area contributed by atoms with Crippen LogP contribution in [0.25, 0.3) is 11.0 Å². The Hall–Kier alpha value is -3.13. The summed E-state index contributed by atoms with van der Waals surface area (Å²) in [4.78, 5) is 34.2. The third kappa shape index (κ3) is 6.55. The lowest BCUT2D eigenvalue weighted by Gasteiger charge is -2.20. The maximum absolute atomic E-state index is 11.9. The number of rotatable bonds is 9. The summed E-state index contributed by atoms with van der Waals surface area (Å²) in [5.41, 5.74) is 0.268. The first-order chi connectivity index (χ1) is 13.2. The Kier molecular flexibility index (Phi) is 7.34. The summed E-state index contributed by atoms with van der Waals surface area (Å²) >= 11 is 0. The van der Waals surface area contributed by atoms with E-state index in [1.165, 1.54) is 6.07 Å². The lowest BCUT2D eigenvalue weighted by molar-refractivity contribution is -0.144. The number of carboxylic acid groups (broad SMARTS) is 1. The standard InChI is InChI=1S/C20H23NO7/c1-12(2)21-10-15(28-20(25)7-6-19(23)24)11-26-14-4-5-16-17(22)8-13(3)27-18(16)9-14/h4-9,12,15,21H,10-11H2,1-3H3,(H,23,24). The van der Waals surface area contributed by atoms with Crippen LogP contribution in [0.2, 0.25) is 0 Å². The highest BCUT2D eigenvalue weighted by molar-refractivity contribution is 5.90. The maximum Gasteiger partial charge on any atom is 0.331 e. The molecule has 0 bridgehead atoms. The van der Waals surface area contributed by atoms with Gasteiger partial charge in [0.25, 0.3) is 0 Å². The second-order valence-electron chi connectivity index (χ2n) is 6.48. The van der Waals surface area contributed by atoms with Crippen LogP contribution in [0.3, 0.4) is 0 Å². The number of aliphatic carboxylic acids is 1. The van der Waals surface area contributed by atoms with Gasteiger partial charge in [0.05, 0.1) is 5.39 Å². The van der Waals surface area contributed by atoms with Gasteiger partial charge in [-0.15, -0.1) is 0 Å². The Bertz CT molecular complexity index is 930. The van der Waals surface area contributed by atoms with Crippen molar-refractivity contribution in [3.05, 3.63) is 52.4 Å². The Morgan fingerprint density at radius 3 is 2.68 bits per heavy atom. The lowest BCUT2D eigenvalue weighted by atomic mass is 10.2. The molecule has 1 aromatic heterocycles. The Balaban J connectivity index is 2.08. The summed E-state index contributed by atoms with van der Waals surface area (Å²) in [5.74, 6) is -1.07. The molecule has 1 unspecified atom stereocenters. The van der Waals surface area contributed by atoms with Crippen LogP contribution in [0, 0.1) is 6.92 Å². The van der Waals surface area contributed by atoms with Crippen LogP contribution in [-0.4, -0.2) is 42.3 Å². The fourth-order valence-corrected chi connectivity index (χ4v) is 2.38. The number of esters is 1. The van der Waals surface area contributed by atoms with Crippen LogP contribution < -0.4 is 15.5 Å². The average Bonchev–Trinajstić information content (AvgIpc) is 2.61. The summed E-state index contributed by atoms with van der Waals surface area (Å²) in [5, 5.41) is 12.2. The van der Waals surface area contributed by atoms with Crippen molar-refractivity contribution in [1.82, 2.24) is 5.32 Å². The zero-order chi connectivity index (χ0) is 20.7. The molecule has 0 amide bonds. The first-order valence-electron chi connectivity index (χ1n) is 8.77. The van der Waals surface area contributed by atoms with Crippen molar-refractivity contribution < 1.29 is 28.6 Å². The van der Waals surface area contributed by atoms with E-state index >= 15 is 0 Å². The number of hydrogen-bond donors (Lipinski definition) is 2. The molecule has 2 N–H and O–H groups in total. The van der Waals surface area contributed by atoms with Gasteiger partial charge in [0.15, 0.2) is 5.43 Å². The van der Waals surface area contributed by atoms with Gasteiger partial charge in [-0.3, -0.25) is 4.79 Å². The summed E-state index contributed by atoms with van der Waals surface area (Å²) in [6.07, 6.45) is 0.913. The molecule has 0 saturated heterocycles. The van der Waals surface area contributed by atoms with Gasteiger partial charge >= 0.3 is 11.9 Å². The quantitative estimate of drug-likeness (QED) is 0.494. The van der Waals surface area contributed by atoms with Crippen molar-refractivity contribution in [3.63, 3.8) is 0 Å². The van der Waals surface area contributed by atoms with Gasteiger partial charge in [-0.1, -0.05) is 13.8 Å². The zero-order valence-electron chi connectivity index (χ0n) is 15.9. The highest BCUT2D eigenvalue weighted by Crippen LogP contribution is 2.20. The molecule has 8 heteroatoms. The minimum atomic E-state index is -1.24. The van der Waals surface area contributed by atoms with E-state index in [4.69, 9.17) is 19.0 Å². The van der Waals surface area contributed by atoms with E-state index in [0.717, 1.165) is 6.08 Å². The third-order valence-corrected chi connectivity index (χ3v) is 3.66. The van der Waals surface area contributed by atoms with Gasteiger partial charge in [0.2, 0.25) is 0 Å². The largest absolute Gasteiger partial charge is 0.490 e. The number of aryl methyl sites for hydroxylation is 1. The summed E-state index contributed by atoms with van der Waals surface area (Å²) in [6.45, 7) is 5.93. The SMILES string of the molecule is Cc1cc(=O)c2ccc(OCC(CNC(C)C)OC(=O)C=CC(=O)O)cc2o1. The molecular formula is C20H23NO7. The normalized spacial score (nSPS) is 12.4. The molecule has 0 saturated carbocycles. The topological polar surface area (TPSA) is 115 Å². The number of carbonyl (C=O) groups is 2. The smallest absolute Gasteiger partial charge is 0.331 e. The van der Waals surface area contributed by atoms with Crippen molar-refractivity contribution in [2.24, 2.45) is 0 Å². The molecular weight excluding hydrogens is 366 g/mol. The number of hydrogen-bond acceptors (Lipinski definition) is 7. The predicted molar refractivity (Wildman–Crippen MR) is 103 cm³/mol. The van der Waals surface area contributed by atoms with E-state index < -0.39 is 18.0 Å². The molecule has 0 fully saturated rings. The maximum atomic E-state index is 11.9. The zero-order valence-corrected chi connectivity index (χ0v) is 15.9. The van der Waals surface area contributed by atoms with Gasteiger partial charge in [-0.2, -0.15) is 0 Å². The van der Waals surface area contributed by atoms with E-state index in [0.29, 0.717) is 35.1 Å². The molecule has 1 atom stereocenters. The molecule has 8 nitrogen and oxygen atoms in total. The van der Waals surface area contributed by atoms with Crippen LogP contribution in [0.5, 0.6) is 5.75 Å². The third-order valence-electron chi connectivity index (χ3n) is 3.66. The fraction of sp³-hybridized carbons (Fsp3) is 0.350. The molecule has 0 radical (unpaired) electrons. The first-order valence-corrected chi connectivity index (χ1v) is 8.77. The number of benzene rings is 1. The Morgan fingerprint density at radius 1 is 1.25 bits per heavy atom. The number of carbonyl (C=O) groups excluding carboxylic acids is 1. The molecule has 2 rings (SSSR count). The Morgan fingerprint density at radius 2 is 2.00 bits per heavy atom. The van der Waals surface area contributed by atoms with Gasteiger partial charge in [0.1, 0.15) is 29.8 Å². The van der Waals surface area contributed by atoms with Crippen LogP contribution in [-0.2, 0) is 14.3 Å². The monoisotopic (exact) mass is 389 g/mol. The molecule has 28 heavy (non-hydrogen) atoms. The first kappa shape index (κ1) is 21.2. The van der Waals surface area contributed by atoms with Crippen LogP contribution >= 0.6 is 0 Å². The van der Waals surface area contributed by atoms with E-state index in [9.17, 15) is 14.4 Å². The number of ether oxygens (including phenoxy) is 2. The van der Waals surface area contributed by atoms with Gasteiger partial charge in [-0.25, -0.2) is 9.59 Å². The van der Waals surface area contributed by atoms with Crippen LogP contribution in [0.4, 0.5) is 0 Å². The number of fused-ring (bicyclic) bond motifs is 1. The second kappa shape index (κ2) is 9.70. The summed E-state index contributed by atoms with van der Waals surface area (Å²) in [7, 11) is 0. The molecule has 0 aliphatic carbocycles. The molecule has 2 aromatic rings. The second-order valence-corrected chi connectivity index (χ2v) is 6.48. The van der Waals surface area contributed by atoms with Crippen molar-refractivity contribution in [3.8, 4) is 5.75 Å². The molecule has 0 aliphatic rings. The molecule has 150 valence electrons. The van der Waals surface area contributed by atoms with Gasteiger partial charge in [0, 0.05) is 36.9 Å².